The topological polar surface area (TPSA) is 67.5 Å². The van der Waals surface area contributed by atoms with Crippen LogP contribution < -0.4 is 11.2 Å². The van der Waals surface area contributed by atoms with E-state index in [1.54, 1.807) is 19.1 Å². The van der Waals surface area contributed by atoms with Crippen molar-refractivity contribution >= 4 is 23.5 Å². The summed E-state index contributed by atoms with van der Waals surface area (Å²) in [6.07, 6.45) is 0. The molecule has 2 aromatic carbocycles. The van der Waals surface area contributed by atoms with Crippen molar-refractivity contribution in [2.24, 2.45) is 10.8 Å². The molecule has 0 atom stereocenters. The molecule has 0 spiro atoms. The summed E-state index contributed by atoms with van der Waals surface area (Å²) in [5.41, 5.74) is 8.68. The van der Waals surface area contributed by atoms with E-state index in [9.17, 15) is 9.18 Å². The molecule has 0 aromatic heterocycles. The van der Waals surface area contributed by atoms with E-state index in [1.807, 2.05) is 24.3 Å². The first-order valence-electron chi connectivity index (χ1n) is 6.18. The van der Waals surface area contributed by atoms with Gasteiger partial charge in [-0.1, -0.05) is 23.9 Å². The number of hydrazone groups is 1. The molecule has 6 heteroatoms. The number of urea groups is 1. The van der Waals surface area contributed by atoms with Gasteiger partial charge in [-0.25, -0.2) is 14.6 Å². The first-order valence-corrected chi connectivity index (χ1v) is 7.00. The SMILES string of the molecule is C/C(=N\NC(N)=O)c1ccc(Sc2ccc(F)cc2)cc1. The zero-order chi connectivity index (χ0) is 15.2. The van der Waals surface area contributed by atoms with Crippen LogP contribution in [0.5, 0.6) is 0 Å². The zero-order valence-corrected chi connectivity index (χ0v) is 12.2. The van der Waals surface area contributed by atoms with E-state index in [0.29, 0.717) is 5.71 Å². The molecule has 2 aromatic rings. The maximum absolute atomic E-state index is 12.8. The lowest BCUT2D eigenvalue weighted by Gasteiger charge is -2.04. The van der Waals surface area contributed by atoms with Crippen molar-refractivity contribution in [3.8, 4) is 0 Å². The second-order valence-electron chi connectivity index (χ2n) is 4.25. The standard InChI is InChI=1S/C15H14FN3OS/c1-10(18-19-15(17)20)11-2-6-13(7-3-11)21-14-8-4-12(16)5-9-14/h2-9H,1H3,(H3,17,19,20)/b18-10+. The number of nitrogens with zero attached hydrogens (tertiary/aromatic N) is 1. The molecule has 0 aliphatic rings. The second-order valence-corrected chi connectivity index (χ2v) is 5.40. The molecule has 3 N–H and O–H groups in total. The number of nitrogens with two attached hydrogens (primary N) is 1. The van der Waals surface area contributed by atoms with Gasteiger partial charge in [0.2, 0.25) is 0 Å². The maximum atomic E-state index is 12.8. The van der Waals surface area contributed by atoms with E-state index in [2.05, 4.69) is 10.5 Å². The predicted octanol–water partition coefficient (Wildman–Crippen LogP) is 3.37. The quantitative estimate of drug-likeness (QED) is 0.671. The van der Waals surface area contributed by atoms with Gasteiger partial charge in [0.25, 0.3) is 0 Å². The smallest absolute Gasteiger partial charge is 0.332 e. The number of amides is 2. The first-order chi connectivity index (χ1) is 10.0. The van der Waals surface area contributed by atoms with Gasteiger partial charge in [-0.3, -0.25) is 0 Å². The highest BCUT2D eigenvalue weighted by Crippen LogP contribution is 2.27. The maximum Gasteiger partial charge on any atom is 0.332 e. The molecule has 21 heavy (non-hydrogen) atoms. The summed E-state index contributed by atoms with van der Waals surface area (Å²) >= 11 is 1.54. The lowest BCUT2D eigenvalue weighted by molar-refractivity contribution is 0.249. The number of rotatable bonds is 4. The van der Waals surface area contributed by atoms with Gasteiger partial charge in [0, 0.05) is 9.79 Å². The van der Waals surface area contributed by atoms with Gasteiger partial charge < -0.3 is 5.73 Å². The van der Waals surface area contributed by atoms with Crippen LogP contribution >= 0.6 is 11.8 Å². The number of carbonyl (C=O) groups is 1. The third-order valence-electron chi connectivity index (χ3n) is 2.66. The normalized spacial score (nSPS) is 11.2. The Hall–Kier alpha value is -2.34. The second kappa shape index (κ2) is 6.90. The van der Waals surface area contributed by atoms with Crippen molar-refractivity contribution in [1.82, 2.24) is 5.43 Å². The van der Waals surface area contributed by atoms with Crippen LogP contribution in [0, 0.1) is 5.82 Å². The fourth-order valence-corrected chi connectivity index (χ4v) is 2.42. The largest absolute Gasteiger partial charge is 0.350 e. The molecule has 108 valence electrons. The Morgan fingerprint density at radius 1 is 1.10 bits per heavy atom. The van der Waals surface area contributed by atoms with Crippen LogP contribution in [0.4, 0.5) is 9.18 Å². The van der Waals surface area contributed by atoms with Gasteiger partial charge in [0.1, 0.15) is 5.82 Å². The van der Waals surface area contributed by atoms with Crippen LogP contribution in [-0.4, -0.2) is 11.7 Å². The molecule has 4 nitrogen and oxygen atoms in total. The van der Waals surface area contributed by atoms with E-state index in [-0.39, 0.29) is 5.82 Å². The van der Waals surface area contributed by atoms with Crippen molar-refractivity contribution < 1.29 is 9.18 Å². The minimum Gasteiger partial charge on any atom is -0.350 e. The van der Waals surface area contributed by atoms with Gasteiger partial charge in [0.05, 0.1) is 5.71 Å². The number of nitrogens with one attached hydrogen (secondary N) is 1. The summed E-state index contributed by atoms with van der Waals surface area (Å²) in [4.78, 5) is 12.6. The average molecular weight is 303 g/mol. The number of primary amides is 1. The summed E-state index contributed by atoms with van der Waals surface area (Å²) in [6.45, 7) is 1.78. The van der Waals surface area contributed by atoms with Crippen LogP contribution in [0.3, 0.4) is 0 Å². The third-order valence-corrected chi connectivity index (χ3v) is 3.67. The van der Waals surface area contributed by atoms with E-state index in [4.69, 9.17) is 5.73 Å². The first kappa shape index (κ1) is 15.1. The van der Waals surface area contributed by atoms with E-state index in [1.165, 1.54) is 23.9 Å². The van der Waals surface area contributed by atoms with Gasteiger partial charge >= 0.3 is 6.03 Å². The molecule has 0 radical (unpaired) electrons. The van der Waals surface area contributed by atoms with Crippen LogP contribution in [0.15, 0.2) is 63.4 Å². The van der Waals surface area contributed by atoms with Crippen molar-refractivity contribution in [2.45, 2.75) is 16.7 Å². The molecule has 0 saturated heterocycles. The number of carbonyl (C=O) groups excluding carboxylic acids is 1. The third kappa shape index (κ3) is 4.61. The minimum atomic E-state index is -0.696. The number of benzene rings is 2. The monoisotopic (exact) mass is 303 g/mol. The summed E-state index contributed by atoms with van der Waals surface area (Å²) < 4.78 is 12.8. The molecule has 0 saturated carbocycles. The molecule has 0 aliphatic carbocycles. The summed E-state index contributed by atoms with van der Waals surface area (Å²) in [7, 11) is 0. The molecule has 2 amide bonds. The molecular formula is C15H14FN3OS. The number of hydrogen-bond acceptors (Lipinski definition) is 3. The van der Waals surface area contributed by atoms with Gasteiger partial charge in [0.15, 0.2) is 0 Å². The highest BCUT2D eigenvalue weighted by atomic mass is 32.2. The van der Waals surface area contributed by atoms with Crippen molar-refractivity contribution in [2.75, 3.05) is 0 Å². The molecule has 0 fully saturated rings. The van der Waals surface area contributed by atoms with Crippen molar-refractivity contribution in [3.05, 3.63) is 59.9 Å². The minimum absolute atomic E-state index is 0.247. The summed E-state index contributed by atoms with van der Waals surface area (Å²) in [5, 5.41) is 3.86. The summed E-state index contributed by atoms with van der Waals surface area (Å²) in [5.74, 6) is -0.247. The highest BCUT2D eigenvalue weighted by molar-refractivity contribution is 7.99. The molecule has 0 bridgehead atoms. The van der Waals surface area contributed by atoms with Crippen LogP contribution in [-0.2, 0) is 0 Å². The number of hydrogen-bond donors (Lipinski definition) is 2. The fourth-order valence-electron chi connectivity index (χ4n) is 1.61. The van der Waals surface area contributed by atoms with Crippen LogP contribution in [0.1, 0.15) is 12.5 Å². The van der Waals surface area contributed by atoms with E-state index in [0.717, 1.165) is 15.4 Å². The fraction of sp³-hybridized carbons (Fsp3) is 0.0667. The highest BCUT2D eigenvalue weighted by Gasteiger charge is 2.01. The van der Waals surface area contributed by atoms with Gasteiger partial charge in [-0.05, 0) is 48.9 Å². The Bertz CT molecular complexity index is 654. The molecular weight excluding hydrogens is 289 g/mol. The van der Waals surface area contributed by atoms with Crippen LogP contribution in [0.2, 0.25) is 0 Å². The lowest BCUT2D eigenvalue weighted by Crippen LogP contribution is -2.25. The van der Waals surface area contributed by atoms with E-state index >= 15 is 0 Å². The average Bonchev–Trinajstić information content (AvgIpc) is 2.48. The Morgan fingerprint density at radius 3 is 2.14 bits per heavy atom. The Labute approximate surface area is 126 Å². The lowest BCUT2D eigenvalue weighted by atomic mass is 10.1. The van der Waals surface area contributed by atoms with Crippen molar-refractivity contribution in [3.63, 3.8) is 0 Å². The van der Waals surface area contributed by atoms with E-state index < -0.39 is 6.03 Å². The molecule has 0 aliphatic heterocycles. The van der Waals surface area contributed by atoms with Gasteiger partial charge in [-0.2, -0.15) is 5.10 Å². The van der Waals surface area contributed by atoms with Crippen molar-refractivity contribution in [1.29, 1.82) is 0 Å². The predicted molar refractivity (Wildman–Crippen MR) is 81.9 cm³/mol. The molecule has 2 rings (SSSR count). The van der Waals surface area contributed by atoms with Gasteiger partial charge in [-0.15, -0.1) is 0 Å². The number of halogens is 1. The molecule has 0 heterocycles. The summed E-state index contributed by atoms with van der Waals surface area (Å²) in [6, 6.07) is 13.3. The Morgan fingerprint density at radius 2 is 1.62 bits per heavy atom. The molecule has 0 unspecified atom stereocenters. The van der Waals surface area contributed by atoms with Crippen LogP contribution in [0.25, 0.3) is 0 Å². The Balaban J connectivity index is 2.06. The Kier molecular flexibility index (Phi) is 4.94. The zero-order valence-electron chi connectivity index (χ0n) is 11.3.